The summed E-state index contributed by atoms with van der Waals surface area (Å²) < 4.78 is 66.3. The van der Waals surface area contributed by atoms with Crippen LogP contribution in [0.5, 0.6) is 5.75 Å². The summed E-state index contributed by atoms with van der Waals surface area (Å²) in [5.74, 6) is 0.134. The van der Waals surface area contributed by atoms with Crippen LogP contribution in [0.2, 0.25) is 0 Å². The highest BCUT2D eigenvalue weighted by Gasteiger charge is 2.69. The SMILES string of the molecule is CCN1CC2CC1CN2S(=O)(=O)C12CC1c1cc(OC)ccc1-c1c(C3CCCCC3)c3ccc(C(=O)NS(=O)(=O)C(C)C)cc3n1C2. The Balaban J connectivity index is 1.33. The number of benzene rings is 2. The van der Waals surface area contributed by atoms with E-state index in [0.717, 1.165) is 72.9 Å². The molecule has 8 rings (SSSR count). The van der Waals surface area contributed by atoms with E-state index in [1.165, 1.54) is 25.8 Å². The normalized spacial score (nSPS) is 27.5. The molecule has 1 amide bonds. The Morgan fingerprint density at radius 3 is 2.46 bits per heavy atom. The van der Waals surface area contributed by atoms with Gasteiger partial charge in [0.05, 0.1) is 18.1 Å². The molecule has 12 heteroatoms. The fourth-order valence-electron chi connectivity index (χ4n) is 9.37. The third-order valence-corrected chi connectivity index (χ3v) is 16.5. The van der Waals surface area contributed by atoms with Crippen molar-refractivity contribution in [3.05, 3.63) is 53.1 Å². The van der Waals surface area contributed by atoms with Crippen LogP contribution >= 0.6 is 0 Å². The fraction of sp³-hybridized carbons (Fsp3) is 0.583. The number of methoxy groups -OCH3 is 1. The van der Waals surface area contributed by atoms with Crippen LogP contribution < -0.4 is 9.46 Å². The molecule has 2 aliphatic carbocycles. The lowest BCUT2D eigenvalue weighted by molar-refractivity contribution is 0.0981. The lowest BCUT2D eigenvalue weighted by atomic mass is 9.81. The van der Waals surface area contributed by atoms with E-state index in [4.69, 9.17) is 4.74 Å². The Labute approximate surface area is 283 Å². The van der Waals surface area contributed by atoms with E-state index in [9.17, 15) is 13.2 Å². The van der Waals surface area contributed by atoms with Gasteiger partial charge in [0.15, 0.2) is 0 Å². The molecule has 4 atom stereocenters. The number of amides is 1. The summed E-state index contributed by atoms with van der Waals surface area (Å²) in [6.07, 6.45) is 6.95. The Morgan fingerprint density at radius 2 is 1.79 bits per heavy atom. The van der Waals surface area contributed by atoms with Crippen LogP contribution in [0.25, 0.3) is 22.2 Å². The van der Waals surface area contributed by atoms with Crippen molar-refractivity contribution in [2.75, 3.05) is 26.7 Å². The zero-order valence-electron chi connectivity index (χ0n) is 28.2. The molecule has 10 nitrogen and oxygen atoms in total. The van der Waals surface area contributed by atoms with Crippen molar-refractivity contribution in [2.24, 2.45) is 0 Å². The van der Waals surface area contributed by atoms with Crippen LogP contribution in [0, 0.1) is 0 Å². The summed E-state index contributed by atoms with van der Waals surface area (Å²) in [5.41, 5.74) is 5.30. The number of likely N-dealkylation sites (N-methyl/N-ethyl adjacent to an activating group) is 1. The summed E-state index contributed by atoms with van der Waals surface area (Å²) in [7, 11) is -5.93. The first-order chi connectivity index (χ1) is 22.9. The van der Waals surface area contributed by atoms with Crippen molar-refractivity contribution in [3.63, 3.8) is 0 Å². The molecule has 2 bridgehead atoms. The van der Waals surface area contributed by atoms with Gasteiger partial charge < -0.3 is 9.30 Å². The molecule has 5 aliphatic rings. The van der Waals surface area contributed by atoms with Crippen LogP contribution in [0.3, 0.4) is 0 Å². The molecule has 1 aromatic heterocycles. The standard InChI is InChI=1S/C36H46N4O6S2/c1-5-38-19-26-16-25(38)20-40(26)48(44,45)36-18-31(36)30-17-27(46-4)12-14-28(30)34-33(23-9-7-6-8-10-23)29-13-11-24(15-32(29)39(34)21-36)35(41)37-47(42,43)22(2)3/h11-15,17,22-23,25-26,31H,5-10,16,18-21H2,1-4H3,(H,37,41). The number of ether oxygens (including phenoxy) is 1. The van der Waals surface area contributed by atoms with E-state index in [2.05, 4.69) is 27.2 Å². The first kappa shape index (κ1) is 32.3. The van der Waals surface area contributed by atoms with E-state index in [1.54, 1.807) is 19.2 Å². The summed E-state index contributed by atoms with van der Waals surface area (Å²) >= 11 is 0. The number of fused-ring (bicyclic) bond motifs is 9. The number of rotatable bonds is 8. The molecular formula is C36H46N4O6S2. The van der Waals surface area contributed by atoms with E-state index >= 15 is 8.42 Å². The maximum Gasteiger partial charge on any atom is 0.264 e. The largest absolute Gasteiger partial charge is 0.497 e. The molecule has 3 aromatic rings. The third kappa shape index (κ3) is 4.72. The average molecular weight is 695 g/mol. The minimum absolute atomic E-state index is 0.0134. The second-order valence-corrected chi connectivity index (χ2v) is 19.4. The van der Waals surface area contributed by atoms with Crippen molar-refractivity contribution in [1.82, 2.24) is 18.5 Å². The number of nitrogens with one attached hydrogen (secondary N) is 1. The molecule has 4 unspecified atom stereocenters. The Hall–Kier alpha value is -2.93. The van der Waals surface area contributed by atoms with Crippen molar-refractivity contribution in [2.45, 2.75) is 106 Å². The van der Waals surface area contributed by atoms with Crippen molar-refractivity contribution < 1.29 is 26.4 Å². The van der Waals surface area contributed by atoms with Gasteiger partial charge in [0.25, 0.3) is 5.91 Å². The number of carbonyl (C=O) groups excluding carboxylic acids is 1. The monoisotopic (exact) mass is 694 g/mol. The first-order valence-electron chi connectivity index (χ1n) is 17.6. The number of aromatic nitrogens is 1. The highest BCUT2D eigenvalue weighted by atomic mass is 32.2. The van der Waals surface area contributed by atoms with E-state index < -0.39 is 36.0 Å². The minimum Gasteiger partial charge on any atom is -0.497 e. The number of hydrogen-bond acceptors (Lipinski definition) is 7. The van der Waals surface area contributed by atoms with E-state index in [1.807, 2.05) is 22.5 Å². The molecule has 0 radical (unpaired) electrons. The van der Waals surface area contributed by atoms with Crippen molar-refractivity contribution in [3.8, 4) is 17.0 Å². The topological polar surface area (TPSA) is 118 Å². The summed E-state index contributed by atoms with van der Waals surface area (Å²) in [6.45, 7) is 7.71. The number of carbonyl (C=O) groups is 1. The quantitative estimate of drug-likeness (QED) is 0.345. The molecular weight excluding hydrogens is 649 g/mol. The summed E-state index contributed by atoms with van der Waals surface area (Å²) in [5, 5.41) is 0.246. The molecule has 1 N–H and O–H groups in total. The zero-order valence-corrected chi connectivity index (χ0v) is 29.9. The number of likely N-dealkylation sites (tertiary alicyclic amines) is 1. The van der Waals surface area contributed by atoms with Crippen LogP contribution in [-0.2, 0) is 26.6 Å². The van der Waals surface area contributed by atoms with Crippen LogP contribution in [0.15, 0.2) is 36.4 Å². The molecule has 2 saturated heterocycles. The lowest BCUT2D eigenvalue weighted by Gasteiger charge is -2.35. The average Bonchev–Trinajstić information content (AvgIpc) is 3.32. The minimum atomic E-state index is -3.84. The third-order valence-electron chi connectivity index (χ3n) is 12.1. The van der Waals surface area contributed by atoms with E-state index in [0.29, 0.717) is 24.6 Å². The van der Waals surface area contributed by atoms with Gasteiger partial charge in [0, 0.05) is 59.7 Å². The van der Waals surface area contributed by atoms with Gasteiger partial charge in [-0.3, -0.25) is 9.69 Å². The maximum atomic E-state index is 15.0. The van der Waals surface area contributed by atoms with Crippen LogP contribution in [-0.4, -0.2) is 85.3 Å². The van der Waals surface area contributed by atoms with Gasteiger partial charge in [0.1, 0.15) is 10.5 Å². The van der Waals surface area contributed by atoms with Gasteiger partial charge >= 0.3 is 0 Å². The van der Waals surface area contributed by atoms with Gasteiger partial charge in [-0.15, -0.1) is 0 Å². The predicted molar refractivity (Wildman–Crippen MR) is 186 cm³/mol. The first-order valence-corrected chi connectivity index (χ1v) is 20.5. The van der Waals surface area contributed by atoms with Crippen molar-refractivity contribution >= 4 is 36.9 Å². The van der Waals surface area contributed by atoms with Gasteiger partial charge in [-0.05, 0) is 93.5 Å². The molecule has 2 aromatic carbocycles. The highest BCUT2D eigenvalue weighted by Crippen LogP contribution is 2.64. The second kappa shape index (κ2) is 11.3. The Morgan fingerprint density at radius 1 is 1.02 bits per heavy atom. The van der Waals surface area contributed by atoms with Gasteiger partial charge in [-0.25, -0.2) is 21.6 Å². The van der Waals surface area contributed by atoms with Crippen LogP contribution in [0.1, 0.15) is 99.0 Å². The fourth-order valence-corrected chi connectivity index (χ4v) is 12.5. The van der Waals surface area contributed by atoms with Gasteiger partial charge in [-0.1, -0.05) is 32.3 Å². The molecule has 258 valence electrons. The molecule has 0 spiro atoms. The van der Waals surface area contributed by atoms with E-state index in [-0.39, 0.29) is 30.1 Å². The second-order valence-electron chi connectivity index (χ2n) is 14.9. The van der Waals surface area contributed by atoms with Gasteiger partial charge in [0.2, 0.25) is 20.0 Å². The lowest BCUT2D eigenvalue weighted by Crippen LogP contribution is -2.52. The highest BCUT2D eigenvalue weighted by molar-refractivity contribution is 7.91. The molecule has 4 heterocycles. The molecule has 2 saturated carbocycles. The Bertz CT molecular complexity index is 2030. The number of piperazine rings is 1. The number of nitrogens with zero attached hydrogens (tertiary/aromatic N) is 3. The van der Waals surface area contributed by atoms with Crippen LogP contribution in [0.4, 0.5) is 0 Å². The predicted octanol–water partition coefficient (Wildman–Crippen LogP) is 5.18. The maximum absolute atomic E-state index is 15.0. The molecule has 48 heavy (non-hydrogen) atoms. The zero-order chi connectivity index (χ0) is 33.7. The molecule has 4 fully saturated rings. The number of sulfonamides is 2. The van der Waals surface area contributed by atoms with Gasteiger partial charge in [-0.2, -0.15) is 4.31 Å². The number of hydrogen-bond donors (Lipinski definition) is 1. The smallest absolute Gasteiger partial charge is 0.264 e. The summed E-state index contributed by atoms with van der Waals surface area (Å²) in [4.78, 5) is 15.8. The summed E-state index contributed by atoms with van der Waals surface area (Å²) in [6, 6.07) is 11.8. The Kier molecular flexibility index (Phi) is 7.60. The van der Waals surface area contributed by atoms with Crippen molar-refractivity contribution in [1.29, 1.82) is 0 Å². The molecule has 3 aliphatic heterocycles.